The van der Waals surface area contributed by atoms with Gasteiger partial charge < -0.3 is 0 Å². The first kappa shape index (κ1) is 27.4. The normalized spacial score (nSPS) is 10.6. The van der Waals surface area contributed by atoms with Crippen molar-refractivity contribution in [3.63, 3.8) is 0 Å². The lowest BCUT2D eigenvalue weighted by Crippen LogP contribution is -2.31. The summed E-state index contributed by atoms with van der Waals surface area (Å²) in [6.07, 6.45) is 0. The highest BCUT2D eigenvalue weighted by Crippen LogP contribution is 2.16. The van der Waals surface area contributed by atoms with Gasteiger partial charge in [-0.15, -0.1) is 0 Å². The molecule has 0 fully saturated rings. The maximum atomic E-state index is 13.2. The Morgan fingerprint density at radius 1 is 0.415 bits per heavy atom. The Morgan fingerprint density at radius 2 is 0.732 bits per heavy atom. The zero-order chi connectivity index (χ0) is 28.4. The van der Waals surface area contributed by atoms with Gasteiger partial charge in [-0.25, -0.2) is 9.68 Å². The molecule has 0 aromatic heterocycles. The van der Waals surface area contributed by atoms with Crippen molar-refractivity contribution in [1.29, 1.82) is 0 Å². The monoisotopic (exact) mass is 541 g/mol. The first-order chi connectivity index (χ1) is 20.1. The fraction of sp³-hybridized carbons (Fsp3) is 0.0571. The van der Waals surface area contributed by atoms with Crippen LogP contribution in [0.5, 0.6) is 0 Å². The lowest BCUT2D eigenvalue weighted by atomic mass is 10.0. The van der Waals surface area contributed by atoms with Crippen LogP contribution in [0.2, 0.25) is 0 Å². The highest BCUT2D eigenvalue weighted by molar-refractivity contribution is 6.09. The summed E-state index contributed by atoms with van der Waals surface area (Å²) in [7, 11) is 0. The first-order valence-electron chi connectivity index (χ1n) is 13.1. The Bertz CT molecular complexity index is 1500. The number of carbonyl (C=O) groups excluding carboxylic acids is 3. The second-order valence-corrected chi connectivity index (χ2v) is 9.26. The van der Waals surface area contributed by atoms with Gasteiger partial charge in [0, 0.05) is 27.8 Å². The number of ketones is 2. The topological polar surface area (TPSA) is 72.9 Å². The van der Waals surface area contributed by atoms with Crippen LogP contribution in [0.4, 0.5) is 0 Å². The molecular formula is C35H27NO5. The average Bonchev–Trinajstić information content (AvgIpc) is 3.05. The van der Waals surface area contributed by atoms with Crippen LogP contribution in [0.3, 0.4) is 0 Å². The lowest BCUT2D eigenvalue weighted by Gasteiger charge is -2.21. The number of amides is 1. The fourth-order valence-corrected chi connectivity index (χ4v) is 4.12. The largest absolute Gasteiger partial charge is 0.303 e. The molecule has 0 aliphatic carbocycles. The van der Waals surface area contributed by atoms with Crippen molar-refractivity contribution in [3.8, 4) is 0 Å². The number of carbonyl (C=O) groups is 3. The van der Waals surface area contributed by atoms with E-state index in [0.717, 1.165) is 16.4 Å². The van der Waals surface area contributed by atoms with Crippen LogP contribution in [0.1, 0.15) is 53.3 Å². The highest BCUT2D eigenvalue weighted by Gasteiger charge is 2.19. The van der Waals surface area contributed by atoms with E-state index >= 15 is 0 Å². The van der Waals surface area contributed by atoms with E-state index in [9.17, 15) is 14.4 Å². The third-order valence-corrected chi connectivity index (χ3v) is 6.39. The molecule has 0 radical (unpaired) electrons. The van der Waals surface area contributed by atoms with Crippen molar-refractivity contribution in [2.24, 2.45) is 0 Å². The van der Waals surface area contributed by atoms with Crippen molar-refractivity contribution in [3.05, 3.63) is 178 Å². The number of hydrogen-bond donors (Lipinski definition) is 0. The third kappa shape index (κ3) is 7.08. The minimum atomic E-state index is -0.461. The molecular weight excluding hydrogens is 514 g/mol. The van der Waals surface area contributed by atoms with Crippen molar-refractivity contribution in [2.45, 2.75) is 13.2 Å². The van der Waals surface area contributed by atoms with Crippen LogP contribution in [-0.2, 0) is 22.9 Å². The lowest BCUT2D eigenvalue weighted by molar-refractivity contribution is -0.339. The first-order valence-corrected chi connectivity index (χ1v) is 13.1. The third-order valence-electron chi connectivity index (χ3n) is 6.39. The van der Waals surface area contributed by atoms with E-state index in [2.05, 4.69) is 0 Å². The Morgan fingerprint density at radius 3 is 1.10 bits per heavy atom. The van der Waals surface area contributed by atoms with Gasteiger partial charge in [-0.1, -0.05) is 133 Å². The molecule has 6 heteroatoms. The van der Waals surface area contributed by atoms with Gasteiger partial charge >= 0.3 is 5.91 Å². The summed E-state index contributed by atoms with van der Waals surface area (Å²) in [6.45, 7) is 0.0891. The molecule has 0 bridgehead atoms. The molecule has 5 aromatic carbocycles. The maximum Gasteiger partial charge on any atom is 0.303 e. The van der Waals surface area contributed by atoms with E-state index < -0.39 is 5.91 Å². The van der Waals surface area contributed by atoms with Crippen LogP contribution < -0.4 is 0 Å². The smallest absolute Gasteiger partial charge is 0.289 e. The van der Waals surface area contributed by atoms with Gasteiger partial charge in [-0.05, 0) is 23.3 Å². The standard InChI is InChI=1S/C35H27NO5/c37-33(28-10-4-1-5-11-28)30-20-16-26(17-21-30)24-40-36(35(39)32-14-8-3-9-15-32)41-25-27-18-22-31(23-19-27)34(38)29-12-6-2-7-13-29/h1-23H,24-25H2. The Kier molecular flexibility index (Phi) is 8.86. The zero-order valence-electron chi connectivity index (χ0n) is 22.2. The molecule has 0 spiro atoms. The Hall–Kier alpha value is -5.17. The minimum absolute atomic E-state index is 0.0445. The van der Waals surface area contributed by atoms with E-state index in [4.69, 9.17) is 9.68 Å². The molecule has 41 heavy (non-hydrogen) atoms. The van der Waals surface area contributed by atoms with Crippen molar-refractivity contribution < 1.29 is 24.1 Å². The van der Waals surface area contributed by atoms with Gasteiger partial charge in [0.1, 0.15) is 13.2 Å². The van der Waals surface area contributed by atoms with Gasteiger partial charge in [-0.2, -0.15) is 0 Å². The number of rotatable bonds is 11. The molecule has 5 rings (SSSR count). The maximum absolute atomic E-state index is 13.2. The Labute approximate surface area is 238 Å². The summed E-state index contributed by atoms with van der Waals surface area (Å²) in [6, 6.07) is 40.9. The van der Waals surface area contributed by atoms with Crippen LogP contribution in [0.15, 0.2) is 140 Å². The molecule has 0 aliphatic heterocycles. The fourth-order valence-electron chi connectivity index (χ4n) is 4.12. The molecule has 0 saturated heterocycles. The molecule has 0 unspecified atom stereocenters. The summed E-state index contributed by atoms with van der Waals surface area (Å²) in [5, 5.41) is 0.876. The number of hydroxylamine groups is 2. The molecule has 5 aromatic rings. The quantitative estimate of drug-likeness (QED) is 0.135. The van der Waals surface area contributed by atoms with Crippen LogP contribution >= 0.6 is 0 Å². The summed E-state index contributed by atoms with van der Waals surface area (Å²) in [5.41, 5.74) is 4.26. The molecule has 0 N–H and O–H groups in total. The van der Waals surface area contributed by atoms with E-state index in [-0.39, 0.29) is 24.8 Å². The predicted octanol–water partition coefficient (Wildman–Crippen LogP) is 6.85. The SMILES string of the molecule is O=C(c1ccccc1)c1ccc(CON(OCc2ccc(C(=O)c3ccccc3)cc2)C(=O)c2ccccc2)cc1. The van der Waals surface area contributed by atoms with Gasteiger partial charge in [0.2, 0.25) is 0 Å². The summed E-state index contributed by atoms with van der Waals surface area (Å²) in [4.78, 5) is 50.2. The molecule has 0 atom stereocenters. The molecule has 202 valence electrons. The van der Waals surface area contributed by atoms with Crippen LogP contribution in [-0.4, -0.2) is 22.7 Å². The van der Waals surface area contributed by atoms with Gasteiger partial charge in [0.05, 0.1) is 0 Å². The van der Waals surface area contributed by atoms with Crippen molar-refractivity contribution >= 4 is 17.5 Å². The number of nitrogens with zero attached hydrogens (tertiary/aromatic N) is 1. The summed E-state index contributed by atoms with van der Waals surface area (Å²) >= 11 is 0. The van der Waals surface area contributed by atoms with E-state index in [1.165, 1.54) is 0 Å². The second-order valence-electron chi connectivity index (χ2n) is 9.26. The molecule has 0 saturated carbocycles. The average molecular weight is 542 g/mol. The zero-order valence-corrected chi connectivity index (χ0v) is 22.2. The molecule has 6 nitrogen and oxygen atoms in total. The second kappa shape index (κ2) is 13.3. The molecule has 0 aliphatic rings. The van der Waals surface area contributed by atoms with Gasteiger partial charge in [0.15, 0.2) is 11.6 Å². The minimum Gasteiger partial charge on any atom is -0.289 e. The van der Waals surface area contributed by atoms with Gasteiger partial charge in [0.25, 0.3) is 0 Å². The predicted molar refractivity (Wildman–Crippen MR) is 155 cm³/mol. The van der Waals surface area contributed by atoms with E-state index in [0.29, 0.717) is 27.8 Å². The van der Waals surface area contributed by atoms with Crippen LogP contribution in [0, 0.1) is 0 Å². The van der Waals surface area contributed by atoms with Crippen molar-refractivity contribution in [1.82, 2.24) is 5.23 Å². The number of hydrogen-bond acceptors (Lipinski definition) is 5. The van der Waals surface area contributed by atoms with Crippen molar-refractivity contribution in [2.75, 3.05) is 0 Å². The van der Waals surface area contributed by atoms with E-state index in [1.807, 2.05) is 42.5 Å². The Balaban J connectivity index is 1.24. The highest BCUT2D eigenvalue weighted by atomic mass is 17.0. The van der Waals surface area contributed by atoms with E-state index in [1.54, 1.807) is 97.1 Å². The number of benzene rings is 5. The van der Waals surface area contributed by atoms with Gasteiger partial charge in [-0.3, -0.25) is 14.4 Å². The molecule has 0 heterocycles. The molecule has 1 amide bonds. The summed E-state index contributed by atoms with van der Waals surface area (Å²) < 4.78 is 0. The summed E-state index contributed by atoms with van der Waals surface area (Å²) in [5.74, 6) is -0.602. The van der Waals surface area contributed by atoms with Crippen LogP contribution in [0.25, 0.3) is 0 Å².